The van der Waals surface area contributed by atoms with Crippen LogP contribution in [-0.2, 0) is 9.84 Å². The molecule has 8 nitrogen and oxygen atoms in total. The summed E-state index contributed by atoms with van der Waals surface area (Å²) in [7, 11) is -0.960. The average molecular weight is 367 g/mol. The molecule has 2 saturated heterocycles. The maximum absolute atomic E-state index is 12.9. The number of aromatic nitrogens is 2. The molecule has 0 radical (unpaired) electrons. The second-order valence-corrected chi connectivity index (χ2v) is 8.91. The molecular formula is C16H25N5O3S. The monoisotopic (exact) mass is 367 g/mol. The van der Waals surface area contributed by atoms with Gasteiger partial charge < -0.3 is 14.7 Å². The van der Waals surface area contributed by atoms with Crippen molar-refractivity contribution in [3.8, 4) is 0 Å². The van der Waals surface area contributed by atoms with Crippen LogP contribution in [0.4, 0.5) is 5.95 Å². The van der Waals surface area contributed by atoms with Crippen LogP contribution < -0.4 is 4.90 Å². The largest absolute Gasteiger partial charge is 0.338 e. The minimum atomic E-state index is -3.04. The van der Waals surface area contributed by atoms with Crippen LogP contribution in [0.1, 0.15) is 23.8 Å². The number of hydrogen-bond donors (Lipinski definition) is 0. The molecule has 0 aliphatic carbocycles. The lowest BCUT2D eigenvalue weighted by molar-refractivity contribution is 0.0702. The van der Waals surface area contributed by atoms with Crippen molar-refractivity contribution in [1.82, 2.24) is 19.8 Å². The molecule has 2 aliphatic heterocycles. The summed E-state index contributed by atoms with van der Waals surface area (Å²) in [6.07, 6.45) is 2.10. The normalized spacial score (nSPS) is 23.6. The molecule has 138 valence electrons. The number of nitrogens with zero attached hydrogens (tertiary/aromatic N) is 5. The number of rotatable bonds is 4. The number of sulfone groups is 1. The van der Waals surface area contributed by atoms with Gasteiger partial charge in [-0.15, -0.1) is 0 Å². The molecule has 1 unspecified atom stereocenters. The molecule has 3 heterocycles. The Hall–Kier alpha value is -1.74. The van der Waals surface area contributed by atoms with Crippen LogP contribution >= 0.6 is 0 Å². The van der Waals surface area contributed by atoms with Crippen LogP contribution in [0.15, 0.2) is 12.3 Å². The summed E-state index contributed by atoms with van der Waals surface area (Å²) in [6.45, 7) is 5.85. The van der Waals surface area contributed by atoms with Crippen molar-refractivity contribution in [3.05, 3.63) is 18.0 Å². The molecule has 25 heavy (non-hydrogen) atoms. The van der Waals surface area contributed by atoms with Crippen molar-refractivity contribution in [1.29, 1.82) is 0 Å². The zero-order valence-corrected chi connectivity index (χ0v) is 15.6. The molecule has 3 rings (SSSR count). The summed E-state index contributed by atoms with van der Waals surface area (Å²) in [5.41, 5.74) is 0.329. The maximum Gasteiger partial charge on any atom is 0.272 e. The van der Waals surface area contributed by atoms with E-state index in [1.54, 1.807) is 17.2 Å². The van der Waals surface area contributed by atoms with Gasteiger partial charge in [0, 0.05) is 45.0 Å². The van der Waals surface area contributed by atoms with E-state index >= 15 is 0 Å². The summed E-state index contributed by atoms with van der Waals surface area (Å²) in [5, 5.41) is 0. The first-order chi connectivity index (χ1) is 11.9. The van der Waals surface area contributed by atoms with Gasteiger partial charge in [-0.05, 0) is 26.5 Å². The number of anilines is 1. The van der Waals surface area contributed by atoms with Crippen LogP contribution in [0.2, 0.25) is 0 Å². The molecule has 1 aromatic rings. The molecule has 1 amide bonds. The topological polar surface area (TPSA) is 86.7 Å². The third-order valence-corrected chi connectivity index (χ3v) is 6.65. The van der Waals surface area contributed by atoms with E-state index in [4.69, 9.17) is 0 Å². The first kappa shape index (κ1) is 18.1. The fourth-order valence-corrected chi connectivity index (χ4v) is 5.09. The SMILES string of the molecule is CCN(C(=O)c1ccnc(N2CCN(C)CC2)n1)C1CCS(=O)(=O)C1. The van der Waals surface area contributed by atoms with E-state index in [9.17, 15) is 13.2 Å². The van der Waals surface area contributed by atoms with Crippen molar-refractivity contribution < 1.29 is 13.2 Å². The van der Waals surface area contributed by atoms with E-state index in [1.165, 1.54) is 0 Å². The molecule has 9 heteroatoms. The van der Waals surface area contributed by atoms with Gasteiger partial charge in [-0.2, -0.15) is 0 Å². The predicted octanol–water partition coefficient (Wildman–Crippen LogP) is -0.122. The second-order valence-electron chi connectivity index (χ2n) is 6.68. The van der Waals surface area contributed by atoms with E-state index < -0.39 is 9.84 Å². The Kier molecular flexibility index (Phi) is 5.24. The lowest BCUT2D eigenvalue weighted by Gasteiger charge is -2.32. The van der Waals surface area contributed by atoms with Gasteiger partial charge in [0.2, 0.25) is 5.95 Å². The third kappa shape index (κ3) is 4.09. The highest BCUT2D eigenvalue weighted by Crippen LogP contribution is 2.20. The van der Waals surface area contributed by atoms with Gasteiger partial charge in [0.15, 0.2) is 9.84 Å². The lowest BCUT2D eigenvalue weighted by Crippen LogP contribution is -2.45. The summed E-state index contributed by atoms with van der Waals surface area (Å²) < 4.78 is 23.5. The molecule has 0 bridgehead atoms. The number of hydrogen-bond acceptors (Lipinski definition) is 7. The zero-order valence-electron chi connectivity index (χ0n) is 14.8. The van der Waals surface area contributed by atoms with Crippen molar-refractivity contribution in [2.75, 3.05) is 56.2 Å². The van der Waals surface area contributed by atoms with Gasteiger partial charge >= 0.3 is 0 Å². The Labute approximate surface area is 148 Å². The molecule has 0 N–H and O–H groups in total. The Balaban J connectivity index is 1.76. The van der Waals surface area contributed by atoms with Gasteiger partial charge in [0.25, 0.3) is 5.91 Å². The van der Waals surface area contributed by atoms with Crippen LogP contribution in [0.5, 0.6) is 0 Å². The summed E-state index contributed by atoms with van der Waals surface area (Å²) in [5.74, 6) is 0.539. The highest BCUT2D eigenvalue weighted by atomic mass is 32.2. The van der Waals surface area contributed by atoms with Gasteiger partial charge in [0.05, 0.1) is 11.5 Å². The van der Waals surface area contributed by atoms with Gasteiger partial charge in [-0.3, -0.25) is 4.79 Å². The Morgan fingerprint density at radius 1 is 1.32 bits per heavy atom. The van der Waals surface area contributed by atoms with E-state index in [0.717, 1.165) is 26.2 Å². The van der Waals surface area contributed by atoms with Gasteiger partial charge in [-0.25, -0.2) is 18.4 Å². The molecule has 1 aromatic heterocycles. The number of piperazine rings is 1. The number of carbonyl (C=O) groups is 1. The van der Waals surface area contributed by atoms with Gasteiger partial charge in [-0.1, -0.05) is 0 Å². The smallest absolute Gasteiger partial charge is 0.272 e. The molecule has 2 aliphatic rings. The lowest BCUT2D eigenvalue weighted by atomic mass is 10.2. The van der Waals surface area contributed by atoms with Crippen LogP contribution in [-0.4, -0.2) is 91.4 Å². The quantitative estimate of drug-likeness (QED) is 0.733. The molecule has 0 aromatic carbocycles. The Morgan fingerprint density at radius 3 is 2.64 bits per heavy atom. The first-order valence-electron chi connectivity index (χ1n) is 8.67. The van der Waals surface area contributed by atoms with Crippen molar-refractivity contribution in [2.45, 2.75) is 19.4 Å². The van der Waals surface area contributed by atoms with E-state index in [-0.39, 0.29) is 23.5 Å². The number of amides is 1. The maximum atomic E-state index is 12.9. The molecule has 0 spiro atoms. The van der Waals surface area contributed by atoms with Crippen molar-refractivity contribution in [3.63, 3.8) is 0 Å². The van der Waals surface area contributed by atoms with Crippen LogP contribution in [0.3, 0.4) is 0 Å². The summed E-state index contributed by atoms with van der Waals surface area (Å²) in [6, 6.07) is 1.35. The number of likely N-dealkylation sites (N-methyl/N-ethyl adjacent to an activating group) is 1. The molecular weight excluding hydrogens is 342 g/mol. The molecule has 1 atom stereocenters. The van der Waals surface area contributed by atoms with E-state index in [0.29, 0.717) is 24.6 Å². The predicted molar refractivity (Wildman–Crippen MR) is 95.5 cm³/mol. The highest BCUT2D eigenvalue weighted by molar-refractivity contribution is 7.91. The van der Waals surface area contributed by atoms with E-state index in [2.05, 4.69) is 26.8 Å². The minimum absolute atomic E-state index is 0.0446. The summed E-state index contributed by atoms with van der Waals surface area (Å²) in [4.78, 5) is 27.6. The first-order valence-corrected chi connectivity index (χ1v) is 10.5. The Bertz CT molecular complexity index is 731. The van der Waals surface area contributed by atoms with Crippen molar-refractivity contribution in [2.24, 2.45) is 0 Å². The number of carbonyl (C=O) groups excluding carboxylic acids is 1. The van der Waals surface area contributed by atoms with Crippen LogP contribution in [0, 0.1) is 0 Å². The highest BCUT2D eigenvalue weighted by Gasteiger charge is 2.34. The molecule has 0 saturated carbocycles. The Morgan fingerprint density at radius 2 is 2.04 bits per heavy atom. The van der Waals surface area contributed by atoms with Gasteiger partial charge in [0.1, 0.15) is 5.69 Å². The second kappa shape index (κ2) is 7.25. The van der Waals surface area contributed by atoms with E-state index in [1.807, 2.05) is 6.92 Å². The average Bonchev–Trinajstić information content (AvgIpc) is 2.96. The summed E-state index contributed by atoms with van der Waals surface area (Å²) >= 11 is 0. The standard InChI is InChI=1S/C16H25N5O3S/c1-3-21(13-5-11-25(23,24)12-13)15(22)14-4-6-17-16(18-14)20-9-7-19(2)8-10-20/h4,6,13H,3,5,7-12H2,1-2H3. The van der Waals surface area contributed by atoms with Crippen LogP contribution in [0.25, 0.3) is 0 Å². The fourth-order valence-electron chi connectivity index (χ4n) is 3.36. The zero-order chi connectivity index (χ0) is 18.0. The van der Waals surface area contributed by atoms with Crippen molar-refractivity contribution >= 4 is 21.7 Å². The minimum Gasteiger partial charge on any atom is -0.338 e. The fraction of sp³-hybridized carbons (Fsp3) is 0.688. The molecule has 2 fully saturated rings. The third-order valence-electron chi connectivity index (χ3n) is 4.90.